The maximum Gasteiger partial charge on any atom is 0.248 e. The number of carbonyl (C=O) groups is 1. The maximum atomic E-state index is 13.2. The Morgan fingerprint density at radius 3 is 2.34 bits per heavy atom. The molecular formula is C23H38N4O4S. The van der Waals surface area contributed by atoms with Crippen molar-refractivity contribution >= 4 is 15.9 Å². The molecule has 3 fully saturated rings. The number of nitrogens with zero attached hydrogens (tertiary/aromatic N) is 4. The number of sulfonamides is 1. The van der Waals surface area contributed by atoms with E-state index in [1.807, 2.05) is 0 Å². The molecule has 3 aliphatic heterocycles. The molecule has 0 saturated carbocycles. The predicted molar refractivity (Wildman–Crippen MR) is 122 cm³/mol. The molecule has 1 amide bonds. The summed E-state index contributed by atoms with van der Waals surface area (Å²) in [4.78, 5) is 18.1. The van der Waals surface area contributed by atoms with Gasteiger partial charge in [0.25, 0.3) is 0 Å². The number of likely N-dealkylation sites (tertiary alicyclic amines) is 2. The number of hydrogen-bond acceptors (Lipinski definition) is 6. The second-order valence-corrected chi connectivity index (χ2v) is 12.0. The van der Waals surface area contributed by atoms with Gasteiger partial charge in [0.2, 0.25) is 15.9 Å². The van der Waals surface area contributed by atoms with E-state index in [4.69, 9.17) is 4.52 Å². The monoisotopic (exact) mass is 466 g/mol. The third kappa shape index (κ3) is 5.04. The second kappa shape index (κ2) is 9.81. The van der Waals surface area contributed by atoms with Gasteiger partial charge in [-0.05, 0) is 77.3 Å². The summed E-state index contributed by atoms with van der Waals surface area (Å²) in [5.74, 6) is 1.85. The van der Waals surface area contributed by atoms with Gasteiger partial charge in [-0.25, -0.2) is 8.42 Å². The fourth-order valence-electron chi connectivity index (χ4n) is 5.60. The van der Waals surface area contributed by atoms with Crippen molar-refractivity contribution in [3.63, 3.8) is 0 Å². The van der Waals surface area contributed by atoms with Crippen molar-refractivity contribution in [1.29, 1.82) is 0 Å². The van der Waals surface area contributed by atoms with Crippen LogP contribution >= 0.6 is 0 Å². The molecule has 180 valence electrons. The van der Waals surface area contributed by atoms with Crippen LogP contribution in [0.25, 0.3) is 0 Å². The Bertz CT molecular complexity index is 880. The van der Waals surface area contributed by atoms with Crippen molar-refractivity contribution in [3.05, 3.63) is 11.5 Å². The van der Waals surface area contributed by atoms with E-state index in [2.05, 4.69) is 21.9 Å². The van der Waals surface area contributed by atoms with Crippen molar-refractivity contribution in [1.82, 2.24) is 19.3 Å². The van der Waals surface area contributed by atoms with E-state index in [0.717, 1.165) is 32.0 Å². The van der Waals surface area contributed by atoms with Crippen molar-refractivity contribution in [2.75, 3.05) is 45.8 Å². The summed E-state index contributed by atoms with van der Waals surface area (Å²) in [5.41, 5.74) is 0.392. The molecule has 0 spiro atoms. The zero-order valence-corrected chi connectivity index (χ0v) is 20.6. The van der Waals surface area contributed by atoms with Crippen LogP contribution in [0.5, 0.6) is 0 Å². The first-order chi connectivity index (χ1) is 15.3. The molecule has 1 aromatic rings. The summed E-state index contributed by atoms with van der Waals surface area (Å²) < 4.78 is 32.6. The topological polar surface area (TPSA) is 87.0 Å². The average molecular weight is 467 g/mol. The number of rotatable bonds is 5. The summed E-state index contributed by atoms with van der Waals surface area (Å²) in [6.45, 7) is 11.5. The van der Waals surface area contributed by atoms with E-state index < -0.39 is 10.0 Å². The zero-order valence-electron chi connectivity index (χ0n) is 19.8. The molecule has 1 unspecified atom stereocenters. The van der Waals surface area contributed by atoms with E-state index in [1.165, 1.54) is 36.7 Å². The maximum absolute atomic E-state index is 13.2. The van der Waals surface area contributed by atoms with Gasteiger partial charge in [0, 0.05) is 38.6 Å². The van der Waals surface area contributed by atoms with Crippen LogP contribution in [0, 0.1) is 31.6 Å². The first kappa shape index (κ1) is 23.7. The Hall–Kier alpha value is -1.45. The quantitative estimate of drug-likeness (QED) is 0.663. The lowest BCUT2D eigenvalue weighted by atomic mass is 9.91. The van der Waals surface area contributed by atoms with Crippen LogP contribution in [0.4, 0.5) is 0 Å². The molecule has 0 bridgehead atoms. The van der Waals surface area contributed by atoms with Crippen LogP contribution < -0.4 is 0 Å². The van der Waals surface area contributed by atoms with E-state index in [1.54, 1.807) is 13.8 Å². The Labute approximate surface area is 192 Å². The highest BCUT2D eigenvalue weighted by atomic mass is 32.2. The number of hydrogen-bond donors (Lipinski definition) is 0. The second-order valence-electron chi connectivity index (χ2n) is 10.1. The van der Waals surface area contributed by atoms with Crippen LogP contribution in [-0.4, -0.2) is 79.4 Å². The minimum absolute atomic E-state index is 0.0827. The van der Waals surface area contributed by atoms with Crippen LogP contribution in [0.1, 0.15) is 56.9 Å². The Balaban J connectivity index is 1.30. The molecule has 0 aromatic carbocycles. The Morgan fingerprint density at radius 2 is 1.72 bits per heavy atom. The SMILES string of the molecule is Cc1noc(C)c1S(=O)(=O)N1CCC(C(=O)N2CCCC(CN3CCC(C)CC3)C2)CC1. The highest BCUT2D eigenvalue weighted by Crippen LogP contribution is 2.30. The van der Waals surface area contributed by atoms with Crippen LogP contribution in [0.2, 0.25) is 0 Å². The number of aryl methyl sites for hydroxylation is 2. The summed E-state index contributed by atoms with van der Waals surface area (Å²) >= 11 is 0. The first-order valence-electron chi connectivity index (χ1n) is 12.2. The molecule has 3 aliphatic rings. The summed E-state index contributed by atoms with van der Waals surface area (Å²) in [7, 11) is -3.64. The lowest BCUT2D eigenvalue weighted by Crippen LogP contribution is -2.49. The molecule has 8 nitrogen and oxygen atoms in total. The minimum Gasteiger partial charge on any atom is -0.360 e. The number of aromatic nitrogens is 1. The molecule has 0 radical (unpaired) electrons. The van der Waals surface area contributed by atoms with Gasteiger partial charge in [-0.3, -0.25) is 4.79 Å². The third-order valence-electron chi connectivity index (χ3n) is 7.59. The van der Waals surface area contributed by atoms with Gasteiger partial charge in [-0.2, -0.15) is 4.31 Å². The summed E-state index contributed by atoms with van der Waals surface area (Å²) in [6.07, 6.45) is 5.98. The molecule has 9 heteroatoms. The highest BCUT2D eigenvalue weighted by Gasteiger charge is 2.37. The average Bonchev–Trinajstić information content (AvgIpc) is 3.14. The molecule has 1 atom stereocenters. The van der Waals surface area contributed by atoms with Gasteiger partial charge in [-0.15, -0.1) is 0 Å². The van der Waals surface area contributed by atoms with E-state index >= 15 is 0 Å². The van der Waals surface area contributed by atoms with E-state index in [0.29, 0.717) is 43.3 Å². The summed E-state index contributed by atoms with van der Waals surface area (Å²) in [5, 5.41) is 3.79. The molecular weight excluding hydrogens is 428 g/mol. The lowest BCUT2D eigenvalue weighted by Gasteiger charge is -2.40. The lowest BCUT2D eigenvalue weighted by molar-refractivity contribution is -0.138. The molecule has 4 rings (SSSR count). The van der Waals surface area contributed by atoms with Gasteiger partial charge < -0.3 is 14.3 Å². The smallest absolute Gasteiger partial charge is 0.248 e. The molecule has 0 N–H and O–H groups in total. The zero-order chi connectivity index (χ0) is 22.9. The Morgan fingerprint density at radius 1 is 1.03 bits per heavy atom. The molecule has 32 heavy (non-hydrogen) atoms. The third-order valence-corrected chi connectivity index (χ3v) is 9.74. The standard InChI is InChI=1S/C23H38N4O4S/c1-17-6-11-25(12-7-17)15-20-5-4-10-26(16-20)23(28)21-8-13-27(14-9-21)32(29,30)22-18(2)24-31-19(22)3/h17,20-21H,4-16H2,1-3H3. The van der Waals surface area contributed by atoms with Crippen molar-refractivity contribution < 1.29 is 17.7 Å². The normalized spacial score (nSPS) is 25.3. The van der Waals surface area contributed by atoms with Gasteiger partial charge in [0.05, 0.1) is 0 Å². The highest BCUT2D eigenvalue weighted by molar-refractivity contribution is 7.89. The number of piperidine rings is 3. The van der Waals surface area contributed by atoms with Gasteiger partial charge in [-0.1, -0.05) is 12.1 Å². The first-order valence-corrected chi connectivity index (χ1v) is 13.6. The van der Waals surface area contributed by atoms with Crippen LogP contribution in [0.15, 0.2) is 9.42 Å². The number of amides is 1. The van der Waals surface area contributed by atoms with Crippen LogP contribution in [0.3, 0.4) is 0 Å². The van der Waals surface area contributed by atoms with E-state index in [-0.39, 0.29) is 16.7 Å². The minimum atomic E-state index is -3.64. The largest absolute Gasteiger partial charge is 0.360 e. The van der Waals surface area contributed by atoms with Gasteiger partial charge in [0.1, 0.15) is 10.6 Å². The fourth-order valence-corrected chi connectivity index (χ4v) is 7.36. The molecule has 3 saturated heterocycles. The van der Waals surface area contributed by atoms with Crippen molar-refractivity contribution in [2.45, 2.75) is 64.2 Å². The molecule has 4 heterocycles. The number of carbonyl (C=O) groups excluding carboxylic acids is 1. The molecule has 1 aromatic heterocycles. The van der Waals surface area contributed by atoms with Crippen molar-refractivity contribution in [3.8, 4) is 0 Å². The van der Waals surface area contributed by atoms with E-state index in [9.17, 15) is 13.2 Å². The van der Waals surface area contributed by atoms with Crippen LogP contribution in [-0.2, 0) is 14.8 Å². The summed E-state index contributed by atoms with van der Waals surface area (Å²) in [6, 6.07) is 0. The predicted octanol–water partition coefficient (Wildman–Crippen LogP) is 2.66. The molecule has 0 aliphatic carbocycles. The van der Waals surface area contributed by atoms with Crippen molar-refractivity contribution in [2.24, 2.45) is 17.8 Å². The van der Waals surface area contributed by atoms with Gasteiger partial charge in [0.15, 0.2) is 5.76 Å². The Kier molecular flexibility index (Phi) is 7.27. The fraction of sp³-hybridized carbons (Fsp3) is 0.826. The van der Waals surface area contributed by atoms with Gasteiger partial charge >= 0.3 is 0 Å².